The number of hydrogen-bond donors (Lipinski definition) is 1. The molecule has 1 aromatic heterocycles. The molecule has 1 atom stereocenters. The minimum atomic E-state index is -0.511. The van der Waals surface area contributed by atoms with Crippen LogP contribution in [0.25, 0.3) is 21.3 Å². The normalized spacial score (nSPS) is 16.0. The lowest BCUT2D eigenvalue weighted by atomic mass is 10.2. The number of ether oxygens (including phenoxy) is 2. The number of anilines is 2. The molecule has 1 aliphatic rings. The summed E-state index contributed by atoms with van der Waals surface area (Å²) in [6.45, 7) is 1.11. The molecule has 0 radical (unpaired) electrons. The Kier molecular flexibility index (Phi) is 5.12. The van der Waals surface area contributed by atoms with E-state index in [1.165, 1.54) is 18.5 Å². The zero-order valence-corrected chi connectivity index (χ0v) is 15.2. The summed E-state index contributed by atoms with van der Waals surface area (Å²) in [6.07, 6.45) is 2.05. The summed E-state index contributed by atoms with van der Waals surface area (Å²) >= 11 is 5.84. The second kappa shape index (κ2) is 7.85. The van der Waals surface area contributed by atoms with Crippen LogP contribution in [0.3, 0.4) is 0 Å². The second-order valence-electron chi connectivity index (χ2n) is 6.11. The summed E-state index contributed by atoms with van der Waals surface area (Å²) in [5.41, 5.74) is 10.4. The van der Waals surface area contributed by atoms with Crippen molar-refractivity contribution in [3.05, 3.63) is 57.9 Å². The lowest BCUT2D eigenvalue weighted by molar-refractivity contribution is 0.142. The van der Waals surface area contributed by atoms with Crippen LogP contribution in [0.15, 0.2) is 41.8 Å². The first-order valence-corrected chi connectivity index (χ1v) is 8.82. The first-order valence-electron chi connectivity index (χ1n) is 8.44. The van der Waals surface area contributed by atoms with Crippen molar-refractivity contribution in [2.75, 3.05) is 18.5 Å². The van der Waals surface area contributed by atoms with E-state index in [0.717, 1.165) is 6.42 Å². The van der Waals surface area contributed by atoms with E-state index >= 15 is 0 Å². The zero-order chi connectivity index (χ0) is 19.5. The molecule has 142 valence electrons. The second-order valence-corrected chi connectivity index (χ2v) is 6.51. The van der Waals surface area contributed by atoms with Gasteiger partial charge in [-0.3, -0.25) is 0 Å². The van der Waals surface area contributed by atoms with Crippen LogP contribution < -0.4 is 10.1 Å². The van der Waals surface area contributed by atoms with Gasteiger partial charge in [0.15, 0.2) is 0 Å². The van der Waals surface area contributed by atoms with Gasteiger partial charge < -0.3 is 14.8 Å². The molecule has 0 amide bonds. The van der Waals surface area contributed by atoms with Crippen LogP contribution in [0.1, 0.15) is 6.42 Å². The van der Waals surface area contributed by atoms with Crippen LogP contribution in [-0.4, -0.2) is 29.3 Å². The molecule has 0 bridgehead atoms. The van der Waals surface area contributed by atoms with Gasteiger partial charge in [0.2, 0.25) is 0 Å². The molecule has 1 N–H and O–H groups in total. The lowest BCUT2D eigenvalue weighted by Gasteiger charge is -2.15. The highest BCUT2D eigenvalue weighted by Crippen LogP contribution is 2.36. The van der Waals surface area contributed by atoms with Crippen molar-refractivity contribution >= 4 is 39.7 Å². The molecule has 28 heavy (non-hydrogen) atoms. The molecule has 0 spiro atoms. The molecule has 2 aromatic carbocycles. The monoisotopic (exact) mass is 400 g/mol. The largest absolute Gasteiger partial charge is 0.487 e. The fourth-order valence-corrected chi connectivity index (χ4v) is 3.07. The van der Waals surface area contributed by atoms with Gasteiger partial charge in [-0.2, -0.15) is 0 Å². The number of hydrogen-bond acceptors (Lipinski definition) is 6. The van der Waals surface area contributed by atoms with Crippen LogP contribution in [0.2, 0.25) is 5.02 Å². The Labute approximate surface area is 163 Å². The van der Waals surface area contributed by atoms with Crippen molar-refractivity contribution in [3.63, 3.8) is 0 Å². The molecular weight excluding hydrogens is 387 g/mol. The molecule has 0 saturated carbocycles. The minimum absolute atomic E-state index is 0.00685. The van der Waals surface area contributed by atoms with E-state index in [2.05, 4.69) is 25.3 Å². The number of fused-ring (bicyclic) bond motifs is 1. The van der Waals surface area contributed by atoms with Crippen LogP contribution in [-0.2, 0) is 4.74 Å². The molecule has 1 unspecified atom stereocenters. The highest BCUT2D eigenvalue weighted by atomic mass is 35.5. The summed E-state index contributed by atoms with van der Waals surface area (Å²) in [4.78, 5) is 11.4. The molecule has 1 saturated heterocycles. The maximum absolute atomic E-state index is 13.4. The molecule has 3 aromatic rings. The standard InChI is InChI=1S/C18H14ClFN6O2/c19-13-5-10(1-2-14(13)20)24-18-12-6-16(25-26-21)17(7-15(12)22-9-23-18)28-11-3-4-27-8-11/h1-2,5-7,9,11H,3-4,8H2,(H,22,23,24). The first-order chi connectivity index (χ1) is 13.6. The summed E-state index contributed by atoms with van der Waals surface area (Å²) in [5.74, 6) is 0.371. The zero-order valence-electron chi connectivity index (χ0n) is 14.5. The maximum Gasteiger partial charge on any atom is 0.141 e. The number of aromatic nitrogens is 2. The highest BCUT2D eigenvalue weighted by Gasteiger charge is 2.19. The van der Waals surface area contributed by atoms with Crippen LogP contribution >= 0.6 is 11.6 Å². The summed E-state index contributed by atoms with van der Waals surface area (Å²) < 4.78 is 24.6. The van der Waals surface area contributed by atoms with Crippen molar-refractivity contribution in [1.82, 2.24) is 9.97 Å². The number of benzene rings is 2. The number of rotatable bonds is 5. The maximum atomic E-state index is 13.4. The third-order valence-electron chi connectivity index (χ3n) is 4.23. The summed E-state index contributed by atoms with van der Waals surface area (Å²) in [5, 5.41) is 7.42. The average molecular weight is 401 g/mol. The number of halogens is 2. The van der Waals surface area contributed by atoms with E-state index in [4.69, 9.17) is 26.6 Å². The van der Waals surface area contributed by atoms with Crippen molar-refractivity contribution in [2.45, 2.75) is 12.5 Å². The van der Waals surface area contributed by atoms with Gasteiger partial charge in [0.1, 0.15) is 29.8 Å². The summed E-state index contributed by atoms with van der Waals surface area (Å²) in [7, 11) is 0. The quantitative estimate of drug-likeness (QED) is 0.356. The molecule has 2 heterocycles. The first kappa shape index (κ1) is 18.2. The van der Waals surface area contributed by atoms with Gasteiger partial charge in [0.05, 0.1) is 29.4 Å². The van der Waals surface area contributed by atoms with Crippen molar-refractivity contribution in [1.29, 1.82) is 0 Å². The highest BCUT2D eigenvalue weighted by molar-refractivity contribution is 6.31. The van der Waals surface area contributed by atoms with E-state index in [-0.39, 0.29) is 11.1 Å². The SMILES string of the molecule is [N-]=[N+]=Nc1cc2c(Nc3ccc(F)c(Cl)c3)ncnc2cc1OC1CCOC1. The Hall–Kier alpha value is -3.13. The molecule has 1 fully saturated rings. The number of nitrogens with zero attached hydrogens (tertiary/aromatic N) is 5. The van der Waals surface area contributed by atoms with Gasteiger partial charge >= 0.3 is 0 Å². The third kappa shape index (κ3) is 3.77. The average Bonchev–Trinajstić information content (AvgIpc) is 3.19. The van der Waals surface area contributed by atoms with Gasteiger partial charge in [0, 0.05) is 28.5 Å². The van der Waals surface area contributed by atoms with Crippen molar-refractivity contribution in [3.8, 4) is 5.75 Å². The smallest absolute Gasteiger partial charge is 0.141 e. The molecule has 4 rings (SSSR count). The fourth-order valence-electron chi connectivity index (χ4n) is 2.89. The van der Waals surface area contributed by atoms with E-state index in [1.54, 1.807) is 18.2 Å². The predicted octanol–water partition coefficient (Wildman–Crippen LogP) is 5.28. The van der Waals surface area contributed by atoms with E-state index in [9.17, 15) is 4.39 Å². The molecule has 10 heteroatoms. The van der Waals surface area contributed by atoms with Crippen molar-refractivity contribution < 1.29 is 13.9 Å². The van der Waals surface area contributed by atoms with E-state index in [1.807, 2.05) is 0 Å². The molecule has 0 aliphatic carbocycles. The molecular formula is C18H14ClFN6O2. The van der Waals surface area contributed by atoms with Crippen LogP contribution in [0.4, 0.5) is 21.6 Å². The number of azide groups is 1. The van der Waals surface area contributed by atoms with Gasteiger partial charge in [0.25, 0.3) is 0 Å². The third-order valence-corrected chi connectivity index (χ3v) is 4.52. The number of nitrogens with one attached hydrogen (secondary N) is 1. The Morgan fingerprint density at radius 3 is 2.96 bits per heavy atom. The molecule has 1 aliphatic heterocycles. The fraction of sp³-hybridized carbons (Fsp3) is 0.222. The van der Waals surface area contributed by atoms with Gasteiger partial charge in [-0.1, -0.05) is 16.7 Å². The Morgan fingerprint density at radius 1 is 1.32 bits per heavy atom. The van der Waals surface area contributed by atoms with Crippen LogP contribution in [0.5, 0.6) is 5.75 Å². The molecule has 8 nitrogen and oxygen atoms in total. The Balaban J connectivity index is 1.74. The topological polar surface area (TPSA) is 105 Å². The van der Waals surface area contributed by atoms with E-state index in [0.29, 0.717) is 47.1 Å². The van der Waals surface area contributed by atoms with Gasteiger partial charge in [-0.05, 0) is 29.8 Å². The van der Waals surface area contributed by atoms with Crippen molar-refractivity contribution in [2.24, 2.45) is 5.11 Å². The summed E-state index contributed by atoms with van der Waals surface area (Å²) in [6, 6.07) is 7.60. The minimum Gasteiger partial charge on any atom is -0.487 e. The van der Waals surface area contributed by atoms with Gasteiger partial charge in [-0.25, -0.2) is 14.4 Å². The van der Waals surface area contributed by atoms with Gasteiger partial charge in [-0.15, -0.1) is 0 Å². The van der Waals surface area contributed by atoms with Crippen LogP contribution in [0, 0.1) is 5.82 Å². The Morgan fingerprint density at radius 2 is 2.21 bits per heavy atom. The lowest BCUT2D eigenvalue weighted by Crippen LogP contribution is -2.15. The van der Waals surface area contributed by atoms with E-state index < -0.39 is 5.82 Å². The Bertz CT molecular complexity index is 1080. The predicted molar refractivity (Wildman–Crippen MR) is 103 cm³/mol.